The van der Waals surface area contributed by atoms with Crippen molar-refractivity contribution in [1.82, 2.24) is 19.8 Å². The second kappa shape index (κ2) is 5.85. The monoisotopic (exact) mass is 250 g/mol. The zero-order chi connectivity index (χ0) is 13.1. The average Bonchev–Trinajstić information content (AvgIpc) is 2.94. The van der Waals surface area contributed by atoms with E-state index in [4.69, 9.17) is 0 Å². The molecule has 1 aromatic heterocycles. The fourth-order valence-corrected chi connectivity index (χ4v) is 3.19. The van der Waals surface area contributed by atoms with E-state index >= 15 is 0 Å². The Kier molecular flexibility index (Phi) is 4.40. The van der Waals surface area contributed by atoms with Gasteiger partial charge in [-0.25, -0.2) is 4.98 Å². The molecule has 0 radical (unpaired) electrons. The molecule has 1 aromatic rings. The summed E-state index contributed by atoms with van der Waals surface area (Å²) in [6.45, 7) is 10.1. The number of aromatic nitrogens is 2. The van der Waals surface area contributed by atoms with Gasteiger partial charge in [-0.1, -0.05) is 0 Å². The summed E-state index contributed by atoms with van der Waals surface area (Å²) in [6, 6.07) is 1.11. The second-order valence-corrected chi connectivity index (χ2v) is 5.49. The molecule has 2 heterocycles. The molecule has 1 fully saturated rings. The molecule has 0 amide bonds. The van der Waals surface area contributed by atoms with E-state index in [0.29, 0.717) is 18.0 Å². The number of aryl methyl sites for hydroxylation is 1. The summed E-state index contributed by atoms with van der Waals surface area (Å²) in [5.41, 5.74) is 1.38. The van der Waals surface area contributed by atoms with Crippen molar-refractivity contribution in [3.8, 4) is 0 Å². The first-order chi connectivity index (χ1) is 8.69. The number of likely N-dealkylation sites (tertiary alicyclic amines) is 1. The Morgan fingerprint density at radius 1 is 1.50 bits per heavy atom. The maximum absolute atomic E-state index is 4.34. The maximum Gasteiger partial charge on any atom is 0.0948 e. The van der Waals surface area contributed by atoms with E-state index in [-0.39, 0.29) is 0 Å². The van der Waals surface area contributed by atoms with Crippen LogP contribution < -0.4 is 5.32 Å². The molecule has 4 nitrogen and oxygen atoms in total. The van der Waals surface area contributed by atoms with Crippen LogP contribution in [-0.2, 0) is 6.54 Å². The summed E-state index contributed by atoms with van der Waals surface area (Å²) < 4.78 is 2.29. The van der Waals surface area contributed by atoms with Crippen molar-refractivity contribution in [2.75, 3.05) is 20.1 Å². The Labute approximate surface area is 110 Å². The summed E-state index contributed by atoms with van der Waals surface area (Å²) in [7, 11) is 2.05. The normalized spacial score (nSPS) is 25.2. The van der Waals surface area contributed by atoms with Crippen molar-refractivity contribution >= 4 is 0 Å². The fourth-order valence-electron chi connectivity index (χ4n) is 3.19. The van der Waals surface area contributed by atoms with E-state index in [1.54, 1.807) is 0 Å². The SMILES string of the molecule is CCn1cncc1C1C(CNC)CCN1C(C)C. The van der Waals surface area contributed by atoms with Gasteiger partial charge in [0.25, 0.3) is 0 Å². The van der Waals surface area contributed by atoms with Gasteiger partial charge in [0.15, 0.2) is 0 Å². The number of nitrogens with one attached hydrogen (secondary N) is 1. The molecule has 102 valence electrons. The lowest BCUT2D eigenvalue weighted by atomic mass is 9.97. The molecule has 2 rings (SSSR count). The summed E-state index contributed by atoms with van der Waals surface area (Å²) in [6.07, 6.45) is 5.29. The third-order valence-electron chi connectivity index (χ3n) is 4.08. The van der Waals surface area contributed by atoms with Crippen LogP contribution in [-0.4, -0.2) is 40.6 Å². The van der Waals surface area contributed by atoms with Crippen LogP contribution in [0.5, 0.6) is 0 Å². The Balaban J connectivity index is 2.28. The van der Waals surface area contributed by atoms with Gasteiger partial charge in [0.05, 0.1) is 18.1 Å². The van der Waals surface area contributed by atoms with E-state index < -0.39 is 0 Å². The van der Waals surface area contributed by atoms with Crippen molar-refractivity contribution < 1.29 is 0 Å². The molecule has 0 aromatic carbocycles. The third kappa shape index (κ3) is 2.45. The molecule has 0 saturated carbocycles. The first-order valence-electron chi connectivity index (χ1n) is 7.09. The Morgan fingerprint density at radius 2 is 2.28 bits per heavy atom. The van der Waals surface area contributed by atoms with E-state index in [9.17, 15) is 0 Å². The van der Waals surface area contributed by atoms with Crippen molar-refractivity contribution in [1.29, 1.82) is 0 Å². The zero-order valence-corrected chi connectivity index (χ0v) is 12.1. The van der Waals surface area contributed by atoms with Gasteiger partial charge in [0, 0.05) is 18.8 Å². The predicted molar refractivity (Wildman–Crippen MR) is 74.5 cm³/mol. The molecule has 1 saturated heterocycles. The molecular formula is C14H26N4. The van der Waals surface area contributed by atoms with Gasteiger partial charge in [-0.15, -0.1) is 0 Å². The topological polar surface area (TPSA) is 33.1 Å². The maximum atomic E-state index is 4.34. The van der Waals surface area contributed by atoms with Crippen LogP contribution in [0.2, 0.25) is 0 Å². The third-order valence-corrected chi connectivity index (χ3v) is 4.08. The molecule has 2 unspecified atom stereocenters. The van der Waals surface area contributed by atoms with Gasteiger partial charge in [-0.2, -0.15) is 0 Å². The van der Waals surface area contributed by atoms with Crippen LogP contribution in [0.1, 0.15) is 38.9 Å². The number of rotatable bonds is 5. The van der Waals surface area contributed by atoms with E-state index in [1.165, 1.54) is 18.7 Å². The molecular weight excluding hydrogens is 224 g/mol. The lowest BCUT2D eigenvalue weighted by Gasteiger charge is -2.31. The van der Waals surface area contributed by atoms with Gasteiger partial charge in [0.2, 0.25) is 0 Å². The minimum atomic E-state index is 0.514. The number of hydrogen-bond donors (Lipinski definition) is 1. The van der Waals surface area contributed by atoms with Crippen molar-refractivity contribution in [2.24, 2.45) is 5.92 Å². The Morgan fingerprint density at radius 3 is 2.89 bits per heavy atom. The highest BCUT2D eigenvalue weighted by atomic mass is 15.2. The summed E-state index contributed by atoms with van der Waals surface area (Å²) in [5.74, 6) is 0.694. The Hall–Kier alpha value is -0.870. The zero-order valence-electron chi connectivity index (χ0n) is 12.1. The summed E-state index contributed by atoms with van der Waals surface area (Å²) >= 11 is 0. The van der Waals surface area contributed by atoms with Crippen LogP contribution in [0, 0.1) is 5.92 Å². The highest BCUT2D eigenvalue weighted by Crippen LogP contribution is 2.38. The summed E-state index contributed by atoms with van der Waals surface area (Å²) in [4.78, 5) is 6.96. The number of nitrogens with zero attached hydrogens (tertiary/aromatic N) is 3. The minimum Gasteiger partial charge on any atom is -0.333 e. The van der Waals surface area contributed by atoms with E-state index in [0.717, 1.165) is 13.1 Å². The standard InChI is InChI=1S/C14H26N4/c1-5-17-10-16-9-13(17)14-12(8-15-4)6-7-18(14)11(2)3/h9-12,14-15H,5-8H2,1-4H3. The molecule has 0 bridgehead atoms. The van der Waals surface area contributed by atoms with Gasteiger partial charge in [-0.3, -0.25) is 4.90 Å². The largest absolute Gasteiger partial charge is 0.333 e. The first kappa shape index (κ1) is 13.6. The second-order valence-electron chi connectivity index (χ2n) is 5.49. The van der Waals surface area contributed by atoms with Gasteiger partial charge in [0.1, 0.15) is 0 Å². The molecule has 18 heavy (non-hydrogen) atoms. The van der Waals surface area contributed by atoms with Crippen LogP contribution in [0.15, 0.2) is 12.5 Å². The van der Waals surface area contributed by atoms with E-state index in [2.05, 4.69) is 46.7 Å². The molecule has 0 aliphatic carbocycles. The molecule has 1 aliphatic rings. The van der Waals surface area contributed by atoms with Gasteiger partial charge >= 0.3 is 0 Å². The number of imidazole rings is 1. The molecule has 0 spiro atoms. The van der Waals surface area contributed by atoms with Crippen LogP contribution in [0.3, 0.4) is 0 Å². The van der Waals surface area contributed by atoms with Crippen LogP contribution in [0.4, 0.5) is 0 Å². The Bertz CT molecular complexity index is 372. The average molecular weight is 250 g/mol. The summed E-state index contributed by atoms with van der Waals surface area (Å²) in [5, 5.41) is 3.34. The highest BCUT2D eigenvalue weighted by molar-refractivity contribution is 5.11. The lowest BCUT2D eigenvalue weighted by molar-refractivity contribution is 0.175. The van der Waals surface area contributed by atoms with E-state index in [1.807, 2.05) is 13.4 Å². The van der Waals surface area contributed by atoms with Crippen molar-refractivity contribution in [3.05, 3.63) is 18.2 Å². The van der Waals surface area contributed by atoms with Crippen LogP contribution >= 0.6 is 0 Å². The van der Waals surface area contributed by atoms with Crippen molar-refractivity contribution in [3.63, 3.8) is 0 Å². The van der Waals surface area contributed by atoms with Crippen LogP contribution in [0.25, 0.3) is 0 Å². The highest BCUT2D eigenvalue weighted by Gasteiger charge is 2.37. The predicted octanol–water partition coefficient (Wildman–Crippen LogP) is 1.89. The molecule has 1 N–H and O–H groups in total. The lowest BCUT2D eigenvalue weighted by Crippen LogP contribution is -2.35. The molecule has 2 atom stereocenters. The van der Waals surface area contributed by atoms with Gasteiger partial charge in [-0.05, 0) is 53.2 Å². The first-order valence-corrected chi connectivity index (χ1v) is 7.09. The van der Waals surface area contributed by atoms with Gasteiger partial charge < -0.3 is 9.88 Å². The number of hydrogen-bond acceptors (Lipinski definition) is 3. The molecule has 4 heteroatoms. The minimum absolute atomic E-state index is 0.514. The smallest absolute Gasteiger partial charge is 0.0948 e. The quantitative estimate of drug-likeness (QED) is 0.866. The molecule has 1 aliphatic heterocycles. The van der Waals surface area contributed by atoms with Crippen molar-refractivity contribution in [2.45, 2.75) is 45.8 Å². The fraction of sp³-hybridized carbons (Fsp3) is 0.786.